The maximum atomic E-state index is 12.4. The molecule has 4 rings (SSSR count). The molecule has 1 amide bonds. The van der Waals surface area contributed by atoms with Crippen molar-refractivity contribution in [1.29, 1.82) is 0 Å². The molecule has 2 aliphatic heterocycles. The number of amides is 1. The number of nitrogens with one attached hydrogen (secondary N) is 1. The Bertz CT molecular complexity index is 652. The molecule has 2 saturated heterocycles. The Morgan fingerprint density at radius 3 is 2.59 bits per heavy atom. The molecule has 148 valence electrons. The van der Waals surface area contributed by atoms with E-state index in [2.05, 4.69) is 45.0 Å². The topological polar surface area (TPSA) is 61.4 Å². The molecule has 3 fully saturated rings. The molecule has 6 nitrogen and oxygen atoms in total. The zero-order valence-electron chi connectivity index (χ0n) is 16.7. The summed E-state index contributed by atoms with van der Waals surface area (Å²) in [6.45, 7) is 8.50. The molecule has 1 aromatic heterocycles. The first-order valence-electron chi connectivity index (χ1n) is 10.7. The molecule has 27 heavy (non-hydrogen) atoms. The molecular weight excluding hydrogens is 338 g/mol. The smallest absolute Gasteiger partial charge is 0.224 e. The average molecular weight is 372 g/mol. The maximum absolute atomic E-state index is 12.4. The fourth-order valence-corrected chi connectivity index (χ4v) is 4.41. The van der Waals surface area contributed by atoms with Crippen LogP contribution in [0.1, 0.15) is 64.0 Å². The predicted molar refractivity (Wildman–Crippen MR) is 107 cm³/mol. The third-order valence-electron chi connectivity index (χ3n) is 6.32. The SMILES string of the molecule is CC(C)c1cc(N2CCC(N3CCC[C@H](C(=O)NC4CC4)C3)CC2)ncn1. The number of aromatic nitrogens is 2. The minimum Gasteiger partial charge on any atom is -0.356 e. The van der Waals surface area contributed by atoms with Gasteiger partial charge in [-0.05, 0) is 51.0 Å². The van der Waals surface area contributed by atoms with Crippen LogP contribution in [0.5, 0.6) is 0 Å². The normalized spacial score (nSPS) is 25.0. The van der Waals surface area contributed by atoms with Crippen molar-refractivity contribution in [1.82, 2.24) is 20.2 Å². The van der Waals surface area contributed by atoms with E-state index in [1.54, 1.807) is 6.33 Å². The van der Waals surface area contributed by atoms with Gasteiger partial charge in [0.2, 0.25) is 5.91 Å². The van der Waals surface area contributed by atoms with Crippen LogP contribution >= 0.6 is 0 Å². The van der Waals surface area contributed by atoms with E-state index in [1.165, 1.54) is 12.8 Å². The summed E-state index contributed by atoms with van der Waals surface area (Å²) in [7, 11) is 0. The van der Waals surface area contributed by atoms with E-state index < -0.39 is 0 Å². The molecule has 3 heterocycles. The largest absolute Gasteiger partial charge is 0.356 e. The van der Waals surface area contributed by atoms with E-state index in [1.807, 2.05) is 0 Å². The number of rotatable bonds is 5. The molecule has 0 radical (unpaired) electrons. The highest BCUT2D eigenvalue weighted by atomic mass is 16.2. The number of nitrogens with zero attached hydrogens (tertiary/aromatic N) is 4. The Morgan fingerprint density at radius 1 is 1.11 bits per heavy atom. The highest BCUT2D eigenvalue weighted by Crippen LogP contribution is 2.27. The molecule has 1 atom stereocenters. The van der Waals surface area contributed by atoms with Gasteiger partial charge in [-0.2, -0.15) is 0 Å². The molecule has 1 aliphatic carbocycles. The second kappa shape index (κ2) is 8.13. The van der Waals surface area contributed by atoms with Crippen LogP contribution in [0.2, 0.25) is 0 Å². The Morgan fingerprint density at radius 2 is 1.89 bits per heavy atom. The van der Waals surface area contributed by atoms with Crippen LogP contribution < -0.4 is 10.2 Å². The Balaban J connectivity index is 1.30. The number of piperidine rings is 2. The number of hydrogen-bond acceptors (Lipinski definition) is 5. The summed E-state index contributed by atoms with van der Waals surface area (Å²) in [6, 6.07) is 3.22. The second-order valence-corrected chi connectivity index (χ2v) is 8.79. The number of likely N-dealkylation sites (tertiary alicyclic amines) is 1. The van der Waals surface area contributed by atoms with Crippen molar-refractivity contribution in [3.63, 3.8) is 0 Å². The number of hydrogen-bond donors (Lipinski definition) is 1. The molecule has 1 saturated carbocycles. The first kappa shape index (κ1) is 18.7. The molecule has 6 heteroatoms. The third kappa shape index (κ3) is 4.60. The lowest BCUT2D eigenvalue weighted by atomic mass is 9.93. The van der Waals surface area contributed by atoms with Crippen LogP contribution in [0.25, 0.3) is 0 Å². The van der Waals surface area contributed by atoms with Crippen molar-refractivity contribution in [3.05, 3.63) is 18.1 Å². The van der Waals surface area contributed by atoms with Gasteiger partial charge in [0.1, 0.15) is 12.1 Å². The molecule has 1 N–H and O–H groups in total. The quantitative estimate of drug-likeness (QED) is 0.862. The van der Waals surface area contributed by atoms with Crippen LogP contribution in [-0.2, 0) is 4.79 Å². The Kier molecular flexibility index (Phi) is 5.62. The highest BCUT2D eigenvalue weighted by Gasteiger charge is 2.33. The van der Waals surface area contributed by atoms with Gasteiger partial charge < -0.3 is 10.2 Å². The summed E-state index contributed by atoms with van der Waals surface area (Å²) in [5.41, 5.74) is 1.11. The van der Waals surface area contributed by atoms with Gasteiger partial charge in [0, 0.05) is 43.5 Å². The molecule has 3 aliphatic rings. The monoisotopic (exact) mass is 371 g/mol. The molecule has 0 spiro atoms. The summed E-state index contributed by atoms with van der Waals surface area (Å²) < 4.78 is 0. The van der Waals surface area contributed by atoms with Crippen molar-refractivity contribution in [2.24, 2.45) is 5.92 Å². The second-order valence-electron chi connectivity index (χ2n) is 8.79. The standard InChI is InChI=1S/C21H33N5O/c1-15(2)19-12-20(23-14-22-19)25-10-7-18(8-11-25)26-9-3-4-16(13-26)21(27)24-17-5-6-17/h12,14-18H,3-11,13H2,1-2H3,(H,24,27)/t16-/m0/s1. The van der Waals surface area contributed by atoms with Crippen LogP contribution in [-0.4, -0.2) is 59.0 Å². The zero-order valence-corrected chi connectivity index (χ0v) is 16.7. The minimum atomic E-state index is 0.188. The number of carbonyl (C=O) groups excluding carboxylic acids is 1. The number of anilines is 1. The molecule has 0 bridgehead atoms. The van der Waals surface area contributed by atoms with Gasteiger partial charge in [-0.25, -0.2) is 9.97 Å². The van der Waals surface area contributed by atoms with Gasteiger partial charge in [0.05, 0.1) is 5.92 Å². The first-order chi connectivity index (χ1) is 13.1. The van der Waals surface area contributed by atoms with E-state index in [0.29, 0.717) is 23.9 Å². The van der Waals surface area contributed by atoms with Gasteiger partial charge in [0.15, 0.2) is 0 Å². The van der Waals surface area contributed by atoms with Gasteiger partial charge in [-0.3, -0.25) is 9.69 Å². The lowest BCUT2D eigenvalue weighted by Crippen LogP contribution is -2.51. The van der Waals surface area contributed by atoms with Crippen molar-refractivity contribution >= 4 is 11.7 Å². The third-order valence-corrected chi connectivity index (χ3v) is 6.32. The fraction of sp³-hybridized carbons (Fsp3) is 0.762. The lowest BCUT2D eigenvalue weighted by Gasteiger charge is -2.42. The minimum absolute atomic E-state index is 0.188. The van der Waals surface area contributed by atoms with Gasteiger partial charge in [0.25, 0.3) is 0 Å². The van der Waals surface area contributed by atoms with E-state index in [9.17, 15) is 4.79 Å². The average Bonchev–Trinajstić information content (AvgIpc) is 3.52. The van der Waals surface area contributed by atoms with Gasteiger partial charge in [-0.15, -0.1) is 0 Å². The van der Waals surface area contributed by atoms with Crippen molar-refractivity contribution < 1.29 is 4.79 Å². The van der Waals surface area contributed by atoms with Crippen LogP contribution in [0.4, 0.5) is 5.82 Å². The Labute approximate surface area is 162 Å². The summed E-state index contributed by atoms with van der Waals surface area (Å²) in [4.78, 5) is 26.3. The van der Waals surface area contributed by atoms with Gasteiger partial charge in [-0.1, -0.05) is 13.8 Å². The van der Waals surface area contributed by atoms with E-state index in [4.69, 9.17) is 0 Å². The van der Waals surface area contributed by atoms with Crippen molar-refractivity contribution in [3.8, 4) is 0 Å². The number of carbonyl (C=O) groups is 1. The fourth-order valence-electron chi connectivity index (χ4n) is 4.41. The highest BCUT2D eigenvalue weighted by molar-refractivity contribution is 5.79. The summed E-state index contributed by atoms with van der Waals surface area (Å²) in [6.07, 6.45) is 8.53. The molecule has 0 aromatic carbocycles. The Hall–Kier alpha value is -1.69. The van der Waals surface area contributed by atoms with Crippen LogP contribution in [0.15, 0.2) is 12.4 Å². The van der Waals surface area contributed by atoms with E-state index in [0.717, 1.165) is 63.4 Å². The molecule has 0 unspecified atom stereocenters. The summed E-state index contributed by atoms with van der Waals surface area (Å²) in [5.74, 6) is 1.97. The van der Waals surface area contributed by atoms with Crippen LogP contribution in [0.3, 0.4) is 0 Å². The lowest BCUT2D eigenvalue weighted by molar-refractivity contribution is -0.127. The van der Waals surface area contributed by atoms with Crippen LogP contribution in [0, 0.1) is 5.92 Å². The molecule has 1 aromatic rings. The summed E-state index contributed by atoms with van der Waals surface area (Å²) in [5, 5.41) is 3.20. The zero-order chi connectivity index (χ0) is 18.8. The summed E-state index contributed by atoms with van der Waals surface area (Å²) >= 11 is 0. The first-order valence-corrected chi connectivity index (χ1v) is 10.7. The van der Waals surface area contributed by atoms with E-state index >= 15 is 0 Å². The van der Waals surface area contributed by atoms with Crippen molar-refractivity contribution in [2.45, 2.75) is 70.4 Å². The van der Waals surface area contributed by atoms with Crippen molar-refractivity contribution in [2.75, 3.05) is 31.1 Å². The molecular formula is C21H33N5O. The maximum Gasteiger partial charge on any atom is 0.224 e. The van der Waals surface area contributed by atoms with Gasteiger partial charge >= 0.3 is 0 Å². The van der Waals surface area contributed by atoms with E-state index in [-0.39, 0.29) is 5.92 Å². The predicted octanol–water partition coefficient (Wildman–Crippen LogP) is 2.56.